The number of amides is 2. The molecule has 0 spiro atoms. The summed E-state index contributed by atoms with van der Waals surface area (Å²) in [6, 6.07) is 17.1. The molecule has 1 N–H and O–H groups in total. The van der Waals surface area contributed by atoms with E-state index in [-0.39, 0.29) is 18.4 Å². The Balaban J connectivity index is 1.70. The maximum Gasteiger partial charge on any atom is 0.255 e. The van der Waals surface area contributed by atoms with Gasteiger partial charge in [0.25, 0.3) is 5.91 Å². The number of para-hydroxylation sites is 2. The molecule has 142 valence electrons. The molecule has 2 amide bonds. The number of benzene rings is 2. The highest BCUT2D eigenvalue weighted by Gasteiger charge is 2.21. The molecule has 1 aliphatic heterocycles. The van der Waals surface area contributed by atoms with Gasteiger partial charge in [0, 0.05) is 25.3 Å². The Morgan fingerprint density at radius 1 is 0.963 bits per heavy atom. The van der Waals surface area contributed by atoms with Gasteiger partial charge in [0.05, 0.1) is 17.8 Å². The zero-order valence-corrected chi connectivity index (χ0v) is 15.9. The second-order valence-electron chi connectivity index (χ2n) is 6.80. The predicted molar refractivity (Wildman–Crippen MR) is 109 cm³/mol. The molecule has 0 bridgehead atoms. The van der Waals surface area contributed by atoms with E-state index in [9.17, 15) is 9.59 Å². The third kappa shape index (κ3) is 4.88. The van der Waals surface area contributed by atoms with Crippen LogP contribution in [0.1, 0.15) is 36.5 Å². The van der Waals surface area contributed by atoms with E-state index in [1.165, 1.54) is 6.42 Å². The van der Waals surface area contributed by atoms with Crippen LogP contribution in [0.4, 0.5) is 11.4 Å². The number of carbonyl (C=O) groups excluding carboxylic acids is 2. The first-order valence-electron chi connectivity index (χ1n) is 9.67. The second-order valence-corrected chi connectivity index (χ2v) is 6.80. The molecule has 0 unspecified atom stereocenters. The number of hydrogen-bond acceptors (Lipinski definition) is 3. The van der Waals surface area contributed by atoms with E-state index < -0.39 is 0 Å². The van der Waals surface area contributed by atoms with Crippen LogP contribution in [0.25, 0.3) is 0 Å². The van der Waals surface area contributed by atoms with Crippen molar-refractivity contribution in [1.29, 1.82) is 0 Å². The summed E-state index contributed by atoms with van der Waals surface area (Å²) >= 11 is 0. The summed E-state index contributed by atoms with van der Waals surface area (Å²) < 4.78 is 0. The minimum Gasteiger partial charge on any atom is -0.362 e. The number of nitrogens with one attached hydrogen (secondary N) is 1. The molecule has 2 aromatic carbocycles. The zero-order chi connectivity index (χ0) is 19.1. The quantitative estimate of drug-likeness (QED) is 0.848. The molecular weight excluding hydrogens is 338 g/mol. The Kier molecular flexibility index (Phi) is 6.47. The average molecular weight is 365 g/mol. The summed E-state index contributed by atoms with van der Waals surface area (Å²) in [5.74, 6) is -0.124. The first-order chi connectivity index (χ1) is 13.2. The number of hydrogen-bond donors (Lipinski definition) is 1. The van der Waals surface area contributed by atoms with Crippen molar-refractivity contribution in [2.45, 2.75) is 26.2 Å². The average Bonchev–Trinajstić information content (AvgIpc) is 2.73. The Labute approximate surface area is 161 Å². The molecule has 0 aromatic heterocycles. The fraction of sp³-hybridized carbons (Fsp3) is 0.364. The second kappa shape index (κ2) is 9.21. The van der Waals surface area contributed by atoms with Gasteiger partial charge in [-0.15, -0.1) is 0 Å². The zero-order valence-electron chi connectivity index (χ0n) is 15.9. The number of rotatable bonds is 6. The van der Waals surface area contributed by atoms with E-state index in [1.54, 1.807) is 12.1 Å². The molecule has 5 heteroatoms. The van der Waals surface area contributed by atoms with Crippen LogP contribution in [0.2, 0.25) is 0 Å². The lowest BCUT2D eigenvalue weighted by Gasteiger charge is -2.27. The lowest BCUT2D eigenvalue weighted by Crippen LogP contribution is -2.37. The molecule has 27 heavy (non-hydrogen) atoms. The summed E-state index contributed by atoms with van der Waals surface area (Å²) in [4.78, 5) is 29.4. The first-order valence-corrected chi connectivity index (χ1v) is 9.67. The lowest BCUT2D eigenvalue weighted by molar-refractivity contribution is -0.115. The number of piperidine rings is 1. The Bertz CT molecular complexity index is 770. The lowest BCUT2D eigenvalue weighted by atomic mass is 10.1. The van der Waals surface area contributed by atoms with Gasteiger partial charge in [-0.3, -0.25) is 9.59 Å². The summed E-state index contributed by atoms with van der Waals surface area (Å²) in [5, 5.41) is 2.94. The van der Waals surface area contributed by atoms with Crippen molar-refractivity contribution in [2.24, 2.45) is 0 Å². The molecule has 1 fully saturated rings. The predicted octanol–water partition coefficient (Wildman–Crippen LogP) is 3.78. The summed E-state index contributed by atoms with van der Waals surface area (Å²) in [5.41, 5.74) is 2.16. The van der Waals surface area contributed by atoms with Gasteiger partial charge < -0.3 is 15.1 Å². The Morgan fingerprint density at radius 3 is 2.33 bits per heavy atom. The summed E-state index contributed by atoms with van der Waals surface area (Å²) in [6.07, 6.45) is 3.26. The van der Waals surface area contributed by atoms with Gasteiger partial charge in [-0.25, -0.2) is 0 Å². The first kappa shape index (κ1) is 19.0. The van der Waals surface area contributed by atoms with Crippen LogP contribution in [0.15, 0.2) is 54.6 Å². The molecule has 1 saturated heterocycles. The van der Waals surface area contributed by atoms with Gasteiger partial charge in [-0.1, -0.05) is 30.3 Å². The largest absolute Gasteiger partial charge is 0.362 e. The Hall–Kier alpha value is -2.82. The monoisotopic (exact) mass is 365 g/mol. The molecule has 3 rings (SSSR count). The Morgan fingerprint density at radius 2 is 1.63 bits per heavy atom. The minimum absolute atomic E-state index is 0.000932. The molecule has 1 heterocycles. The molecule has 0 atom stereocenters. The van der Waals surface area contributed by atoms with Crippen LogP contribution in [0.5, 0.6) is 0 Å². The van der Waals surface area contributed by atoms with Crippen LogP contribution in [-0.2, 0) is 4.79 Å². The van der Waals surface area contributed by atoms with Crippen molar-refractivity contribution in [3.63, 3.8) is 0 Å². The van der Waals surface area contributed by atoms with Crippen LogP contribution in [-0.4, -0.2) is 42.9 Å². The molecule has 0 aliphatic carbocycles. The maximum absolute atomic E-state index is 12.9. The van der Waals surface area contributed by atoms with Gasteiger partial charge in [-0.05, 0) is 50.5 Å². The number of likely N-dealkylation sites (tertiary alicyclic amines) is 1. The third-order valence-corrected chi connectivity index (χ3v) is 4.91. The summed E-state index contributed by atoms with van der Waals surface area (Å²) in [7, 11) is 0. The van der Waals surface area contributed by atoms with Crippen LogP contribution in [0, 0.1) is 0 Å². The van der Waals surface area contributed by atoms with E-state index in [4.69, 9.17) is 0 Å². The third-order valence-electron chi connectivity index (χ3n) is 4.91. The number of carbonyl (C=O) groups is 2. The normalized spacial score (nSPS) is 13.9. The smallest absolute Gasteiger partial charge is 0.255 e. The topological polar surface area (TPSA) is 52.7 Å². The van der Waals surface area contributed by atoms with Gasteiger partial charge in [-0.2, -0.15) is 0 Å². The highest BCUT2D eigenvalue weighted by molar-refractivity contribution is 6.04. The number of nitrogens with zero attached hydrogens (tertiary/aromatic N) is 2. The van der Waals surface area contributed by atoms with E-state index in [1.807, 2.05) is 59.2 Å². The van der Waals surface area contributed by atoms with E-state index >= 15 is 0 Å². The standard InChI is InChI=1S/C22H27N3O2/c1-2-24(18-11-5-3-6-12-18)17-21(26)23-20-14-8-7-13-19(20)22(27)25-15-9-4-10-16-25/h3,5-8,11-14H,2,4,9-10,15-17H2,1H3,(H,23,26). The molecule has 0 radical (unpaired) electrons. The van der Waals surface area contributed by atoms with Crippen molar-refractivity contribution in [2.75, 3.05) is 36.4 Å². The maximum atomic E-state index is 12.9. The fourth-order valence-corrected chi connectivity index (χ4v) is 3.43. The molecular formula is C22H27N3O2. The van der Waals surface area contributed by atoms with Gasteiger partial charge in [0.2, 0.25) is 5.91 Å². The molecule has 5 nitrogen and oxygen atoms in total. The molecule has 0 saturated carbocycles. The minimum atomic E-state index is -0.125. The van der Waals surface area contributed by atoms with E-state index in [2.05, 4.69) is 5.32 Å². The number of likely N-dealkylation sites (N-methyl/N-ethyl adjacent to an activating group) is 1. The summed E-state index contributed by atoms with van der Waals surface area (Å²) in [6.45, 7) is 4.57. The SMILES string of the molecule is CCN(CC(=O)Nc1ccccc1C(=O)N1CCCCC1)c1ccccc1. The van der Waals surface area contributed by atoms with Crippen molar-refractivity contribution in [3.05, 3.63) is 60.2 Å². The van der Waals surface area contributed by atoms with Crippen LogP contribution in [0.3, 0.4) is 0 Å². The number of anilines is 2. The van der Waals surface area contributed by atoms with Crippen molar-refractivity contribution >= 4 is 23.2 Å². The molecule has 2 aromatic rings. The van der Waals surface area contributed by atoms with Gasteiger partial charge in [0.1, 0.15) is 0 Å². The highest BCUT2D eigenvalue weighted by atomic mass is 16.2. The van der Waals surface area contributed by atoms with Crippen LogP contribution >= 0.6 is 0 Å². The van der Waals surface area contributed by atoms with Crippen molar-refractivity contribution in [1.82, 2.24) is 4.90 Å². The van der Waals surface area contributed by atoms with Crippen LogP contribution < -0.4 is 10.2 Å². The van der Waals surface area contributed by atoms with Crippen molar-refractivity contribution in [3.8, 4) is 0 Å². The van der Waals surface area contributed by atoms with Crippen molar-refractivity contribution < 1.29 is 9.59 Å². The highest BCUT2D eigenvalue weighted by Crippen LogP contribution is 2.20. The van der Waals surface area contributed by atoms with Gasteiger partial charge in [0.15, 0.2) is 0 Å². The van der Waals surface area contributed by atoms with E-state index in [0.717, 1.165) is 38.2 Å². The van der Waals surface area contributed by atoms with Gasteiger partial charge >= 0.3 is 0 Å². The molecule has 1 aliphatic rings. The fourth-order valence-electron chi connectivity index (χ4n) is 3.43. The van der Waals surface area contributed by atoms with E-state index in [0.29, 0.717) is 11.3 Å².